The average Bonchev–Trinajstić information content (AvgIpc) is 3.32. The van der Waals surface area contributed by atoms with Gasteiger partial charge in [0.05, 0.1) is 20.3 Å². The van der Waals surface area contributed by atoms with Gasteiger partial charge in [-0.25, -0.2) is 0 Å². The first-order valence-electron chi connectivity index (χ1n) is 10.8. The van der Waals surface area contributed by atoms with Gasteiger partial charge in [0.2, 0.25) is 17.6 Å². The molecule has 1 aliphatic heterocycles. The van der Waals surface area contributed by atoms with Crippen LogP contribution in [0.1, 0.15) is 23.4 Å². The number of benzene rings is 2. The SMILES string of the molecule is COc1ccc(-c2noc(CCC(=O)NCc3ccccc3CN3CCOCC3)n2)cc1. The summed E-state index contributed by atoms with van der Waals surface area (Å²) in [6, 6.07) is 15.7. The van der Waals surface area contributed by atoms with E-state index in [0.717, 1.165) is 49.7 Å². The molecule has 0 atom stereocenters. The van der Waals surface area contributed by atoms with E-state index < -0.39 is 0 Å². The van der Waals surface area contributed by atoms with Crippen molar-refractivity contribution in [3.05, 3.63) is 65.5 Å². The molecule has 2 heterocycles. The number of aromatic nitrogens is 2. The van der Waals surface area contributed by atoms with E-state index in [9.17, 15) is 4.79 Å². The summed E-state index contributed by atoms with van der Waals surface area (Å²) in [5.74, 6) is 1.66. The van der Waals surface area contributed by atoms with Crippen molar-refractivity contribution in [1.29, 1.82) is 0 Å². The van der Waals surface area contributed by atoms with Gasteiger partial charge in [0.1, 0.15) is 5.75 Å². The molecule has 1 aromatic heterocycles. The number of ether oxygens (including phenoxy) is 2. The molecular weight excluding hydrogens is 408 g/mol. The number of nitrogens with zero attached hydrogens (tertiary/aromatic N) is 3. The third kappa shape index (κ3) is 5.93. The maximum absolute atomic E-state index is 12.4. The van der Waals surface area contributed by atoms with E-state index in [-0.39, 0.29) is 12.3 Å². The van der Waals surface area contributed by atoms with Crippen LogP contribution in [0, 0.1) is 0 Å². The lowest BCUT2D eigenvalue weighted by Crippen LogP contribution is -2.36. The minimum absolute atomic E-state index is 0.0460. The quantitative estimate of drug-likeness (QED) is 0.552. The third-order valence-electron chi connectivity index (χ3n) is 5.47. The van der Waals surface area contributed by atoms with Crippen LogP contribution in [0.15, 0.2) is 53.1 Å². The van der Waals surface area contributed by atoms with Crippen LogP contribution in [0.5, 0.6) is 5.75 Å². The van der Waals surface area contributed by atoms with Crippen molar-refractivity contribution in [2.24, 2.45) is 0 Å². The number of carbonyl (C=O) groups is 1. The van der Waals surface area contributed by atoms with E-state index in [1.54, 1.807) is 7.11 Å². The molecule has 168 valence electrons. The van der Waals surface area contributed by atoms with Crippen LogP contribution in [-0.4, -0.2) is 54.4 Å². The molecule has 1 aliphatic rings. The Morgan fingerprint density at radius 3 is 2.59 bits per heavy atom. The predicted octanol–water partition coefficient (Wildman–Crippen LogP) is 2.83. The summed E-state index contributed by atoms with van der Waals surface area (Å²) in [6.07, 6.45) is 0.681. The number of hydrogen-bond donors (Lipinski definition) is 1. The van der Waals surface area contributed by atoms with E-state index in [1.165, 1.54) is 5.56 Å². The Balaban J connectivity index is 1.26. The summed E-state index contributed by atoms with van der Waals surface area (Å²) in [5, 5.41) is 7.02. The molecule has 8 nitrogen and oxygen atoms in total. The van der Waals surface area contributed by atoms with Crippen molar-refractivity contribution < 1.29 is 18.8 Å². The van der Waals surface area contributed by atoms with Gasteiger partial charge in [-0.05, 0) is 35.4 Å². The second-order valence-electron chi connectivity index (χ2n) is 7.67. The van der Waals surface area contributed by atoms with E-state index in [2.05, 4.69) is 32.5 Å². The van der Waals surface area contributed by atoms with Gasteiger partial charge in [0, 0.05) is 44.6 Å². The fourth-order valence-corrected chi connectivity index (χ4v) is 3.60. The monoisotopic (exact) mass is 436 g/mol. The van der Waals surface area contributed by atoms with Gasteiger partial charge in [0.25, 0.3) is 0 Å². The van der Waals surface area contributed by atoms with Crippen molar-refractivity contribution in [3.8, 4) is 17.1 Å². The van der Waals surface area contributed by atoms with Gasteiger partial charge in [-0.15, -0.1) is 0 Å². The fourth-order valence-electron chi connectivity index (χ4n) is 3.60. The Labute approximate surface area is 187 Å². The molecule has 3 aromatic rings. The molecule has 1 N–H and O–H groups in total. The second-order valence-corrected chi connectivity index (χ2v) is 7.67. The van der Waals surface area contributed by atoms with Crippen LogP contribution in [0.25, 0.3) is 11.4 Å². The van der Waals surface area contributed by atoms with Gasteiger partial charge >= 0.3 is 0 Å². The molecular formula is C24H28N4O4. The number of nitrogens with one attached hydrogen (secondary N) is 1. The third-order valence-corrected chi connectivity index (χ3v) is 5.47. The molecule has 0 unspecified atom stereocenters. The first-order valence-corrected chi connectivity index (χ1v) is 10.8. The summed E-state index contributed by atoms with van der Waals surface area (Å²) in [6.45, 7) is 4.78. The van der Waals surface area contributed by atoms with Gasteiger partial charge in [-0.3, -0.25) is 9.69 Å². The highest BCUT2D eigenvalue weighted by atomic mass is 16.5. The lowest BCUT2D eigenvalue weighted by molar-refractivity contribution is -0.121. The molecule has 1 saturated heterocycles. The van der Waals surface area contributed by atoms with Gasteiger partial charge < -0.3 is 19.3 Å². The van der Waals surface area contributed by atoms with Crippen molar-refractivity contribution in [2.45, 2.75) is 25.9 Å². The molecule has 1 fully saturated rings. The predicted molar refractivity (Wildman–Crippen MR) is 119 cm³/mol. The Hall–Kier alpha value is -3.23. The number of morpholine rings is 1. The zero-order chi connectivity index (χ0) is 22.2. The van der Waals surface area contributed by atoms with Crippen LogP contribution < -0.4 is 10.1 Å². The standard InChI is InChI=1S/C24H28N4O4/c1-30-21-8-6-18(7-9-21)24-26-23(32-27-24)11-10-22(29)25-16-19-4-2-3-5-20(19)17-28-12-14-31-15-13-28/h2-9H,10-17H2,1H3,(H,25,29). The van der Waals surface area contributed by atoms with Crippen molar-refractivity contribution >= 4 is 5.91 Å². The molecule has 0 spiro atoms. The summed E-state index contributed by atoms with van der Waals surface area (Å²) in [4.78, 5) is 19.2. The lowest BCUT2D eigenvalue weighted by Gasteiger charge is -2.27. The Bertz CT molecular complexity index is 1010. The largest absolute Gasteiger partial charge is 0.497 e. The highest BCUT2D eigenvalue weighted by Gasteiger charge is 2.14. The molecule has 0 bridgehead atoms. The second kappa shape index (κ2) is 10.9. The number of carbonyl (C=O) groups excluding carboxylic acids is 1. The van der Waals surface area contributed by atoms with E-state index in [0.29, 0.717) is 24.7 Å². The Morgan fingerprint density at radius 2 is 1.84 bits per heavy atom. The van der Waals surface area contributed by atoms with Gasteiger partial charge in [-0.2, -0.15) is 4.98 Å². The van der Waals surface area contributed by atoms with Crippen molar-refractivity contribution in [1.82, 2.24) is 20.4 Å². The lowest BCUT2D eigenvalue weighted by atomic mass is 10.1. The number of amides is 1. The Kier molecular flexibility index (Phi) is 7.47. The van der Waals surface area contributed by atoms with Crippen LogP contribution in [0.4, 0.5) is 0 Å². The summed E-state index contributed by atoms with van der Waals surface area (Å²) in [7, 11) is 1.62. The fraction of sp³-hybridized carbons (Fsp3) is 0.375. The van der Waals surface area contributed by atoms with Crippen LogP contribution >= 0.6 is 0 Å². The summed E-state index contributed by atoms with van der Waals surface area (Å²) >= 11 is 0. The van der Waals surface area contributed by atoms with Crippen LogP contribution in [-0.2, 0) is 29.0 Å². The molecule has 0 saturated carbocycles. The highest BCUT2D eigenvalue weighted by molar-refractivity contribution is 5.76. The molecule has 8 heteroatoms. The molecule has 0 radical (unpaired) electrons. The smallest absolute Gasteiger partial charge is 0.227 e. The maximum atomic E-state index is 12.4. The zero-order valence-electron chi connectivity index (χ0n) is 18.3. The van der Waals surface area contributed by atoms with E-state index in [4.69, 9.17) is 14.0 Å². The first-order chi connectivity index (χ1) is 15.7. The van der Waals surface area contributed by atoms with Gasteiger partial charge in [-0.1, -0.05) is 29.4 Å². The Morgan fingerprint density at radius 1 is 1.09 bits per heavy atom. The molecule has 0 aliphatic carbocycles. The highest BCUT2D eigenvalue weighted by Crippen LogP contribution is 2.20. The first kappa shape index (κ1) is 22.0. The average molecular weight is 437 g/mol. The number of hydrogen-bond acceptors (Lipinski definition) is 7. The minimum atomic E-state index is -0.0460. The van der Waals surface area contributed by atoms with Crippen molar-refractivity contribution in [2.75, 3.05) is 33.4 Å². The topological polar surface area (TPSA) is 89.7 Å². The van der Waals surface area contributed by atoms with Crippen LogP contribution in [0.2, 0.25) is 0 Å². The van der Waals surface area contributed by atoms with E-state index in [1.807, 2.05) is 36.4 Å². The van der Waals surface area contributed by atoms with Crippen molar-refractivity contribution in [3.63, 3.8) is 0 Å². The molecule has 1 amide bonds. The number of rotatable bonds is 9. The zero-order valence-corrected chi connectivity index (χ0v) is 18.3. The number of aryl methyl sites for hydroxylation is 1. The molecule has 4 rings (SSSR count). The maximum Gasteiger partial charge on any atom is 0.227 e. The molecule has 2 aromatic carbocycles. The normalized spacial score (nSPS) is 14.3. The van der Waals surface area contributed by atoms with E-state index >= 15 is 0 Å². The summed E-state index contributed by atoms with van der Waals surface area (Å²) < 4.78 is 15.9. The number of methoxy groups -OCH3 is 1. The molecule has 32 heavy (non-hydrogen) atoms. The van der Waals surface area contributed by atoms with Gasteiger partial charge in [0.15, 0.2) is 0 Å². The van der Waals surface area contributed by atoms with Crippen LogP contribution in [0.3, 0.4) is 0 Å². The summed E-state index contributed by atoms with van der Waals surface area (Å²) in [5.41, 5.74) is 3.20. The minimum Gasteiger partial charge on any atom is -0.497 e.